The average Bonchev–Trinajstić information content (AvgIpc) is 2.42. The minimum Gasteiger partial charge on any atom is -0.258 e. The summed E-state index contributed by atoms with van der Waals surface area (Å²) in [4.78, 5) is 14.7. The highest BCUT2D eigenvalue weighted by atomic mass is 32.2. The van der Waals surface area contributed by atoms with Crippen LogP contribution in [-0.4, -0.2) is 4.92 Å². The molecule has 0 saturated heterocycles. The van der Waals surface area contributed by atoms with E-state index in [9.17, 15) is 10.1 Å². The van der Waals surface area contributed by atoms with Crippen molar-refractivity contribution in [2.45, 2.75) is 9.79 Å². The molecule has 2 rings (SSSR count). The monoisotopic (exact) mass is 272 g/mol. The van der Waals surface area contributed by atoms with E-state index in [-0.39, 0.29) is 5.69 Å². The lowest BCUT2D eigenvalue weighted by molar-refractivity contribution is -0.384. The van der Waals surface area contributed by atoms with Crippen molar-refractivity contribution in [1.29, 1.82) is 0 Å². The molecule has 0 bridgehead atoms. The Morgan fingerprint density at radius 1 is 1.05 bits per heavy atom. The lowest BCUT2D eigenvalue weighted by Crippen LogP contribution is -1.86. The largest absolute Gasteiger partial charge is 0.269 e. The zero-order valence-corrected chi connectivity index (χ0v) is 10.4. The van der Waals surface area contributed by atoms with Gasteiger partial charge in [-0.05, 0) is 29.8 Å². The van der Waals surface area contributed by atoms with Gasteiger partial charge in [-0.1, -0.05) is 29.0 Å². The summed E-state index contributed by atoms with van der Waals surface area (Å²) >= 11 is 1.48. The maximum atomic E-state index is 10.5. The Bertz CT molecular complexity index is 590. The standard InChI is InChI=1S/C12H8N4O2S/c13-15-14-9-1-5-11(6-2-9)19-12-7-3-10(4-8-12)16(17)18/h1-8H. The van der Waals surface area contributed by atoms with Crippen LogP contribution in [0.15, 0.2) is 63.4 Å². The van der Waals surface area contributed by atoms with E-state index in [0.717, 1.165) is 9.79 Å². The van der Waals surface area contributed by atoms with Gasteiger partial charge >= 0.3 is 0 Å². The van der Waals surface area contributed by atoms with Crippen LogP contribution in [0.1, 0.15) is 0 Å². The summed E-state index contributed by atoms with van der Waals surface area (Å²) in [6.45, 7) is 0. The molecule has 0 amide bonds. The molecule has 0 atom stereocenters. The Morgan fingerprint density at radius 3 is 2.05 bits per heavy atom. The highest BCUT2D eigenvalue weighted by molar-refractivity contribution is 7.99. The van der Waals surface area contributed by atoms with Crippen LogP contribution in [0.3, 0.4) is 0 Å². The first-order valence-corrected chi connectivity index (χ1v) is 6.08. The van der Waals surface area contributed by atoms with Crippen molar-refractivity contribution in [3.05, 3.63) is 69.1 Å². The Hall–Kier alpha value is -2.50. The van der Waals surface area contributed by atoms with Gasteiger partial charge < -0.3 is 0 Å². The molecule has 0 radical (unpaired) electrons. The summed E-state index contributed by atoms with van der Waals surface area (Å²) in [5.74, 6) is 0. The summed E-state index contributed by atoms with van der Waals surface area (Å²) < 4.78 is 0. The molecule has 7 heteroatoms. The van der Waals surface area contributed by atoms with E-state index in [1.54, 1.807) is 24.3 Å². The fourth-order valence-corrected chi connectivity index (χ4v) is 2.22. The summed E-state index contributed by atoms with van der Waals surface area (Å²) in [5, 5.41) is 14.0. The molecule has 0 aliphatic heterocycles. The number of azide groups is 1. The SMILES string of the molecule is [N-]=[N+]=Nc1ccc(Sc2ccc([N+](=O)[O-])cc2)cc1. The Labute approximate surface area is 112 Å². The van der Waals surface area contributed by atoms with Crippen LogP contribution < -0.4 is 0 Å². The van der Waals surface area contributed by atoms with E-state index in [2.05, 4.69) is 10.0 Å². The predicted octanol–water partition coefficient (Wildman–Crippen LogP) is 4.69. The van der Waals surface area contributed by atoms with Gasteiger partial charge in [-0.25, -0.2) is 0 Å². The first-order chi connectivity index (χ1) is 9.19. The number of hydrogen-bond donors (Lipinski definition) is 0. The zero-order chi connectivity index (χ0) is 13.7. The van der Waals surface area contributed by atoms with Gasteiger partial charge in [-0.2, -0.15) is 0 Å². The molecular formula is C12H8N4O2S. The van der Waals surface area contributed by atoms with E-state index >= 15 is 0 Å². The van der Waals surface area contributed by atoms with E-state index < -0.39 is 4.92 Å². The average molecular weight is 272 g/mol. The number of nitro groups is 1. The van der Waals surface area contributed by atoms with Gasteiger partial charge in [0.05, 0.1) is 4.92 Å². The van der Waals surface area contributed by atoms with Crippen LogP contribution in [-0.2, 0) is 0 Å². The Balaban J connectivity index is 2.12. The minimum atomic E-state index is -0.427. The van der Waals surface area contributed by atoms with Crippen molar-refractivity contribution in [2.24, 2.45) is 5.11 Å². The molecule has 0 unspecified atom stereocenters. The summed E-state index contributed by atoms with van der Waals surface area (Å²) in [6.07, 6.45) is 0. The third-order valence-corrected chi connectivity index (χ3v) is 3.30. The van der Waals surface area contributed by atoms with Crippen molar-refractivity contribution >= 4 is 23.1 Å². The van der Waals surface area contributed by atoms with Gasteiger partial charge in [0, 0.05) is 32.5 Å². The molecule has 0 spiro atoms. The van der Waals surface area contributed by atoms with Crippen LogP contribution in [0, 0.1) is 10.1 Å². The third kappa shape index (κ3) is 3.48. The second-order valence-electron chi connectivity index (χ2n) is 3.54. The van der Waals surface area contributed by atoms with Crippen molar-refractivity contribution in [2.75, 3.05) is 0 Å². The molecule has 0 aliphatic carbocycles. The fourth-order valence-electron chi connectivity index (χ4n) is 1.40. The second-order valence-corrected chi connectivity index (χ2v) is 4.68. The van der Waals surface area contributed by atoms with Crippen molar-refractivity contribution in [3.63, 3.8) is 0 Å². The van der Waals surface area contributed by atoms with Crippen LogP contribution in [0.25, 0.3) is 10.4 Å². The Kier molecular flexibility index (Phi) is 4.02. The highest BCUT2D eigenvalue weighted by Crippen LogP contribution is 2.30. The van der Waals surface area contributed by atoms with E-state index in [1.165, 1.54) is 23.9 Å². The molecule has 0 N–H and O–H groups in total. The molecule has 0 fully saturated rings. The van der Waals surface area contributed by atoms with Crippen molar-refractivity contribution in [1.82, 2.24) is 0 Å². The van der Waals surface area contributed by atoms with Gasteiger partial charge in [0.1, 0.15) is 0 Å². The maximum Gasteiger partial charge on any atom is 0.269 e. The minimum absolute atomic E-state index is 0.0723. The second kappa shape index (κ2) is 5.90. The van der Waals surface area contributed by atoms with Crippen LogP contribution in [0.4, 0.5) is 11.4 Å². The first-order valence-electron chi connectivity index (χ1n) is 5.26. The molecule has 2 aromatic carbocycles. The smallest absolute Gasteiger partial charge is 0.258 e. The molecule has 0 aliphatic rings. The van der Waals surface area contributed by atoms with Crippen molar-refractivity contribution < 1.29 is 4.92 Å². The van der Waals surface area contributed by atoms with Crippen LogP contribution >= 0.6 is 11.8 Å². The predicted molar refractivity (Wildman–Crippen MR) is 72.5 cm³/mol. The van der Waals surface area contributed by atoms with E-state index in [0.29, 0.717) is 5.69 Å². The summed E-state index contributed by atoms with van der Waals surface area (Å²) in [6, 6.07) is 13.4. The molecule has 2 aromatic rings. The molecule has 94 valence electrons. The highest BCUT2D eigenvalue weighted by Gasteiger charge is 2.04. The van der Waals surface area contributed by atoms with Gasteiger partial charge in [0.2, 0.25) is 0 Å². The molecule has 19 heavy (non-hydrogen) atoms. The summed E-state index contributed by atoms with van der Waals surface area (Å²) in [5.41, 5.74) is 8.92. The normalized spacial score (nSPS) is 9.68. The molecule has 0 aromatic heterocycles. The summed E-state index contributed by atoms with van der Waals surface area (Å²) in [7, 11) is 0. The van der Waals surface area contributed by atoms with Gasteiger partial charge in [0.25, 0.3) is 5.69 Å². The Morgan fingerprint density at radius 2 is 1.58 bits per heavy atom. The van der Waals surface area contributed by atoms with E-state index in [1.807, 2.05) is 12.1 Å². The van der Waals surface area contributed by atoms with Crippen LogP contribution in [0.5, 0.6) is 0 Å². The number of benzene rings is 2. The number of non-ortho nitro benzene ring substituents is 1. The number of nitro benzene ring substituents is 1. The number of hydrogen-bond acceptors (Lipinski definition) is 4. The van der Waals surface area contributed by atoms with Gasteiger partial charge in [-0.15, -0.1) is 0 Å². The zero-order valence-electron chi connectivity index (χ0n) is 9.63. The van der Waals surface area contributed by atoms with Gasteiger partial charge in [-0.3, -0.25) is 10.1 Å². The van der Waals surface area contributed by atoms with Crippen LogP contribution in [0.2, 0.25) is 0 Å². The fraction of sp³-hybridized carbons (Fsp3) is 0. The quantitative estimate of drug-likeness (QED) is 0.266. The van der Waals surface area contributed by atoms with Crippen molar-refractivity contribution in [3.8, 4) is 0 Å². The number of nitrogens with zero attached hydrogens (tertiary/aromatic N) is 4. The molecular weight excluding hydrogens is 264 g/mol. The van der Waals surface area contributed by atoms with E-state index in [4.69, 9.17) is 5.53 Å². The lowest BCUT2D eigenvalue weighted by Gasteiger charge is -2.01. The first kappa shape index (κ1) is 12.9. The lowest BCUT2D eigenvalue weighted by atomic mass is 10.3. The number of rotatable bonds is 4. The topological polar surface area (TPSA) is 91.9 Å². The maximum absolute atomic E-state index is 10.5. The molecule has 0 heterocycles. The molecule has 6 nitrogen and oxygen atoms in total. The molecule has 0 saturated carbocycles. The third-order valence-electron chi connectivity index (χ3n) is 2.28. The van der Waals surface area contributed by atoms with Gasteiger partial charge in [0.15, 0.2) is 0 Å².